The van der Waals surface area contributed by atoms with Crippen LogP contribution >= 0.6 is 22.7 Å². The first-order valence-corrected chi connectivity index (χ1v) is 9.81. The number of nitrogen functional groups attached to an aromatic ring is 1. The maximum Gasteiger partial charge on any atom is 0.282 e. The number of hydrogen-bond acceptors (Lipinski definition) is 10. The molecule has 0 aliphatic carbocycles. The highest BCUT2D eigenvalue weighted by Gasteiger charge is 2.20. The predicted octanol–water partition coefficient (Wildman–Crippen LogP) is 2.89. The molecule has 0 aliphatic rings. The Morgan fingerprint density at radius 1 is 1.29 bits per heavy atom. The fraction of sp³-hybridized carbons (Fsp3) is 0.125. The highest BCUT2D eigenvalue weighted by atomic mass is 32.1. The van der Waals surface area contributed by atoms with Crippen LogP contribution in [-0.2, 0) is 0 Å². The number of anilines is 2. The van der Waals surface area contributed by atoms with Gasteiger partial charge in [0.1, 0.15) is 5.69 Å². The van der Waals surface area contributed by atoms with Crippen LogP contribution in [0.15, 0.2) is 34.4 Å². The van der Waals surface area contributed by atoms with Gasteiger partial charge in [-0.3, -0.25) is 14.9 Å². The lowest BCUT2D eigenvalue weighted by atomic mass is 10.2. The smallest absolute Gasteiger partial charge is 0.282 e. The summed E-state index contributed by atoms with van der Waals surface area (Å²) in [5.41, 5.74) is 6.42. The molecule has 3 N–H and O–H groups in total. The van der Waals surface area contributed by atoms with Gasteiger partial charge >= 0.3 is 0 Å². The Labute approximate surface area is 165 Å². The van der Waals surface area contributed by atoms with Crippen molar-refractivity contribution in [2.75, 3.05) is 17.6 Å². The minimum atomic E-state index is -0.505. The summed E-state index contributed by atoms with van der Waals surface area (Å²) in [5, 5.41) is 30.9. The number of nitro groups is 1. The summed E-state index contributed by atoms with van der Waals surface area (Å²) >= 11 is 2.56. The van der Waals surface area contributed by atoms with Crippen LogP contribution in [0.2, 0.25) is 0 Å². The SMILES string of the molecule is CCNc1nnc(-c2nn(-c3ccc([N+](=O)[O-])cc3)c(=O)c3c(N)scc23)s1. The van der Waals surface area contributed by atoms with Crippen molar-refractivity contribution >= 4 is 49.3 Å². The maximum atomic E-state index is 13.0. The van der Waals surface area contributed by atoms with Crippen LogP contribution in [0.25, 0.3) is 27.2 Å². The van der Waals surface area contributed by atoms with Crippen LogP contribution in [0.5, 0.6) is 0 Å². The number of fused-ring (bicyclic) bond motifs is 1. The molecule has 142 valence electrons. The van der Waals surface area contributed by atoms with E-state index in [9.17, 15) is 14.9 Å². The third-order valence-corrected chi connectivity index (χ3v) is 5.64. The van der Waals surface area contributed by atoms with E-state index in [1.165, 1.54) is 51.6 Å². The van der Waals surface area contributed by atoms with Crippen molar-refractivity contribution in [2.24, 2.45) is 0 Å². The third-order valence-electron chi connectivity index (χ3n) is 3.94. The predicted molar refractivity (Wildman–Crippen MR) is 109 cm³/mol. The van der Waals surface area contributed by atoms with Gasteiger partial charge in [0.2, 0.25) is 5.13 Å². The molecule has 3 heterocycles. The highest BCUT2D eigenvalue weighted by molar-refractivity contribution is 7.18. The molecule has 0 radical (unpaired) electrons. The Kier molecular flexibility index (Phi) is 4.49. The van der Waals surface area contributed by atoms with E-state index in [1.807, 2.05) is 6.92 Å². The second-order valence-electron chi connectivity index (χ2n) is 5.67. The molecule has 0 aliphatic heterocycles. The molecule has 4 aromatic rings. The van der Waals surface area contributed by atoms with E-state index in [-0.39, 0.29) is 5.69 Å². The molecule has 0 spiro atoms. The average molecular weight is 415 g/mol. The van der Waals surface area contributed by atoms with Crippen LogP contribution in [0.4, 0.5) is 15.8 Å². The first kappa shape index (κ1) is 18.0. The van der Waals surface area contributed by atoms with Crippen molar-refractivity contribution in [1.82, 2.24) is 20.0 Å². The Hall–Kier alpha value is -3.38. The summed E-state index contributed by atoms with van der Waals surface area (Å²) < 4.78 is 1.18. The first-order chi connectivity index (χ1) is 13.5. The fourth-order valence-corrected chi connectivity index (χ4v) is 4.26. The van der Waals surface area contributed by atoms with E-state index in [0.717, 1.165) is 0 Å². The van der Waals surface area contributed by atoms with Gasteiger partial charge < -0.3 is 11.1 Å². The topological polar surface area (TPSA) is 142 Å². The Morgan fingerprint density at radius 3 is 2.71 bits per heavy atom. The number of hydrogen-bond donors (Lipinski definition) is 2. The molecule has 3 aromatic heterocycles. The number of nitrogens with zero attached hydrogens (tertiary/aromatic N) is 5. The van der Waals surface area contributed by atoms with Crippen molar-refractivity contribution in [3.8, 4) is 16.4 Å². The van der Waals surface area contributed by atoms with Crippen LogP contribution < -0.4 is 16.6 Å². The van der Waals surface area contributed by atoms with Gasteiger partial charge in [-0.15, -0.1) is 21.5 Å². The van der Waals surface area contributed by atoms with Gasteiger partial charge in [-0.05, 0) is 19.1 Å². The van der Waals surface area contributed by atoms with E-state index in [0.29, 0.717) is 43.8 Å². The monoisotopic (exact) mass is 415 g/mol. The molecular formula is C16H13N7O3S2. The summed E-state index contributed by atoms with van der Waals surface area (Å²) in [5.74, 6) is 0. The second-order valence-corrected chi connectivity index (χ2v) is 7.56. The maximum absolute atomic E-state index is 13.0. The van der Waals surface area contributed by atoms with Crippen LogP contribution in [0, 0.1) is 10.1 Å². The largest absolute Gasteiger partial charge is 0.390 e. The normalized spacial score (nSPS) is 11.0. The molecular weight excluding hydrogens is 402 g/mol. The number of nitro benzene ring substituents is 1. The number of nitrogens with one attached hydrogen (secondary N) is 1. The second kappa shape index (κ2) is 6.98. The van der Waals surface area contributed by atoms with Crippen molar-refractivity contribution in [1.29, 1.82) is 0 Å². The summed E-state index contributed by atoms with van der Waals surface area (Å²) in [6, 6.07) is 5.57. The van der Waals surface area contributed by atoms with Gasteiger partial charge in [-0.25, -0.2) is 0 Å². The lowest BCUT2D eigenvalue weighted by Gasteiger charge is -2.07. The van der Waals surface area contributed by atoms with Gasteiger partial charge in [0.05, 0.1) is 21.0 Å². The minimum absolute atomic E-state index is 0.0763. The number of nitrogens with two attached hydrogens (primary N) is 1. The highest BCUT2D eigenvalue weighted by Crippen LogP contribution is 2.34. The van der Waals surface area contributed by atoms with E-state index in [2.05, 4.69) is 20.6 Å². The Bertz CT molecular complexity index is 1240. The lowest BCUT2D eigenvalue weighted by molar-refractivity contribution is -0.384. The fourth-order valence-electron chi connectivity index (χ4n) is 2.66. The molecule has 0 bridgehead atoms. The van der Waals surface area contributed by atoms with Gasteiger partial charge in [0.15, 0.2) is 5.01 Å². The zero-order valence-corrected chi connectivity index (χ0v) is 16.1. The molecule has 0 amide bonds. The molecule has 0 unspecified atom stereocenters. The van der Waals surface area contributed by atoms with E-state index >= 15 is 0 Å². The minimum Gasteiger partial charge on any atom is -0.390 e. The number of aromatic nitrogens is 4. The Balaban J connectivity index is 1.94. The van der Waals surface area contributed by atoms with Crippen LogP contribution in [-0.4, -0.2) is 31.4 Å². The molecule has 1 aromatic carbocycles. The van der Waals surface area contributed by atoms with Crippen molar-refractivity contribution in [3.05, 3.63) is 50.1 Å². The summed E-state index contributed by atoms with van der Waals surface area (Å²) in [6.45, 7) is 2.65. The van der Waals surface area contributed by atoms with E-state index in [4.69, 9.17) is 5.73 Å². The zero-order chi connectivity index (χ0) is 19.8. The van der Waals surface area contributed by atoms with Crippen LogP contribution in [0.1, 0.15) is 6.92 Å². The average Bonchev–Trinajstić information content (AvgIpc) is 3.30. The molecule has 0 fully saturated rings. The standard InChI is InChI=1S/C16H13N7O3S2/c1-2-18-16-20-19-14(28-16)12-10-7-27-13(17)11(10)15(24)22(21-12)8-3-5-9(6-4-8)23(25)26/h3-7H,2,17H2,1H3,(H,18,20). The quantitative estimate of drug-likeness (QED) is 0.374. The molecule has 12 heteroatoms. The lowest BCUT2D eigenvalue weighted by Crippen LogP contribution is -2.22. The number of thiophene rings is 1. The molecule has 10 nitrogen and oxygen atoms in total. The van der Waals surface area contributed by atoms with E-state index < -0.39 is 10.5 Å². The molecule has 0 atom stereocenters. The molecule has 0 saturated heterocycles. The van der Waals surface area contributed by atoms with E-state index in [1.54, 1.807) is 5.38 Å². The van der Waals surface area contributed by atoms with Crippen molar-refractivity contribution in [2.45, 2.75) is 6.92 Å². The Morgan fingerprint density at radius 2 is 2.04 bits per heavy atom. The summed E-state index contributed by atoms with van der Waals surface area (Å²) in [6.07, 6.45) is 0. The van der Waals surface area contributed by atoms with Gasteiger partial charge in [0.25, 0.3) is 11.2 Å². The third kappa shape index (κ3) is 2.97. The van der Waals surface area contributed by atoms with Gasteiger partial charge in [-0.2, -0.15) is 9.78 Å². The first-order valence-electron chi connectivity index (χ1n) is 8.12. The van der Waals surface area contributed by atoms with Gasteiger partial charge in [-0.1, -0.05) is 11.3 Å². The number of benzene rings is 1. The summed E-state index contributed by atoms with van der Waals surface area (Å²) in [4.78, 5) is 23.3. The summed E-state index contributed by atoms with van der Waals surface area (Å²) in [7, 11) is 0. The number of rotatable bonds is 5. The molecule has 4 rings (SSSR count). The molecule has 0 saturated carbocycles. The van der Waals surface area contributed by atoms with Gasteiger partial charge in [0, 0.05) is 29.4 Å². The zero-order valence-electron chi connectivity index (χ0n) is 14.4. The molecule has 28 heavy (non-hydrogen) atoms. The number of non-ortho nitro benzene ring substituents is 1. The van der Waals surface area contributed by atoms with Crippen molar-refractivity contribution in [3.63, 3.8) is 0 Å². The van der Waals surface area contributed by atoms with Crippen molar-refractivity contribution < 1.29 is 4.92 Å². The van der Waals surface area contributed by atoms with Crippen LogP contribution in [0.3, 0.4) is 0 Å².